The van der Waals surface area contributed by atoms with E-state index >= 15 is 0 Å². The van der Waals surface area contributed by atoms with E-state index < -0.39 is 10.0 Å². The van der Waals surface area contributed by atoms with Crippen molar-refractivity contribution in [2.75, 3.05) is 4.72 Å². The molecule has 0 aliphatic heterocycles. The molecule has 0 aromatic heterocycles. The van der Waals surface area contributed by atoms with Crippen molar-refractivity contribution in [1.82, 2.24) is 0 Å². The lowest BCUT2D eigenvalue weighted by Gasteiger charge is -2.07. The molecule has 0 amide bonds. The van der Waals surface area contributed by atoms with E-state index in [-0.39, 0.29) is 4.90 Å². The first kappa shape index (κ1) is 12.1. The molecule has 0 heterocycles. The maximum absolute atomic E-state index is 12.0. The number of sulfonamides is 1. The van der Waals surface area contributed by atoms with Gasteiger partial charge in [-0.1, -0.05) is 34.1 Å². The van der Waals surface area contributed by atoms with E-state index in [0.717, 1.165) is 4.47 Å². The number of nitrogens with one attached hydrogen (secondary N) is 1. The van der Waals surface area contributed by atoms with Gasteiger partial charge in [0.1, 0.15) is 0 Å². The van der Waals surface area contributed by atoms with E-state index in [2.05, 4.69) is 26.7 Å². The highest BCUT2D eigenvalue weighted by molar-refractivity contribution is 9.10. The summed E-state index contributed by atoms with van der Waals surface area (Å²) in [5.74, 6) is 0. The zero-order valence-corrected chi connectivity index (χ0v) is 11.1. The Balaban J connectivity index is 2.32. The molecule has 0 saturated heterocycles. The summed E-state index contributed by atoms with van der Waals surface area (Å²) in [4.78, 5) is 0.218. The van der Waals surface area contributed by atoms with Gasteiger partial charge in [0.25, 0.3) is 10.0 Å². The van der Waals surface area contributed by atoms with Crippen LogP contribution in [0.15, 0.2) is 57.9 Å². The zero-order chi connectivity index (χ0) is 12.3. The van der Waals surface area contributed by atoms with Crippen LogP contribution in [0, 0.1) is 6.07 Å². The number of anilines is 1. The Kier molecular flexibility index (Phi) is 3.49. The van der Waals surface area contributed by atoms with Crippen LogP contribution >= 0.6 is 15.9 Å². The van der Waals surface area contributed by atoms with Gasteiger partial charge in [-0.25, -0.2) is 8.42 Å². The Labute approximate surface area is 109 Å². The molecule has 0 fully saturated rings. The molecule has 0 unspecified atom stereocenters. The van der Waals surface area contributed by atoms with E-state index in [1.807, 2.05) is 0 Å². The number of halogens is 1. The number of hydrogen-bond donors (Lipinski definition) is 1. The first-order valence-corrected chi connectivity index (χ1v) is 7.10. The van der Waals surface area contributed by atoms with Gasteiger partial charge in [-0.2, -0.15) is 0 Å². The maximum atomic E-state index is 12.0. The van der Waals surface area contributed by atoms with Crippen LogP contribution in [0.1, 0.15) is 0 Å². The minimum atomic E-state index is -3.54. The Hall–Kier alpha value is -1.33. The average molecular weight is 311 g/mol. The second-order valence-corrected chi connectivity index (χ2v) is 5.95. The molecule has 1 N–H and O–H groups in total. The fourth-order valence-electron chi connectivity index (χ4n) is 1.31. The Bertz CT molecular complexity index is 611. The fraction of sp³-hybridized carbons (Fsp3) is 0. The van der Waals surface area contributed by atoms with E-state index in [1.54, 1.807) is 48.5 Å². The smallest absolute Gasteiger partial charge is 0.261 e. The van der Waals surface area contributed by atoms with Gasteiger partial charge in [-0.05, 0) is 36.4 Å². The third kappa shape index (κ3) is 3.08. The molecule has 2 aromatic rings. The molecule has 2 rings (SSSR count). The third-order valence-electron chi connectivity index (χ3n) is 2.07. The number of rotatable bonds is 3. The van der Waals surface area contributed by atoms with Crippen molar-refractivity contribution < 1.29 is 8.42 Å². The van der Waals surface area contributed by atoms with Crippen LogP contribution in [0.2, 0.25) is 0 Å². The van der Waals surface area contributed by atoms with Crippen molar-refractivity contribution in [3.63, 3.8) is 0 Å². The van der Waals surface area contributed by atoms with Crippen LogP contribution in [-0.2, 0) is 10.0 Å². The lowest BCUT2D eigenvalue weighted by Crippen LogP contribution is -2.12. The number of hydrogen-bond acceptors (Lipinski definition) is 2. The Morgan fingerprint density at radius 1 is 1.18 bits per heavy atom. The quantitative estimate of drug-likeness (QED) is 0.947. The molecule has 0 bridgehead atoms. The second kappa shape index (κ2) is 4.89. The van der Waals surface area contributed by atoms with Gasteiger partial charge in [-0.15, -0.1) is 0 Å². The van der Waals surface area contributed by atoms with Crippen LogP contribution in [0.5, 0.6) is 0 Å². The summed E-state index contributed by atoms with van der Waals surface area (Å²) in [6, 6.07) is 16.0. The van der Waals surface area contributed by atoms with Crippen molar-refractivity contribution in [3.8, 4) is 0 Å². The summed E-state index contributed by atoms with van der Waals surface area (Å²) in [5, 5.41) is 0. The fourth-order valence-corrected chi connectivity index (χ4v) is 2.95. The summed E-state index contributed by atoms with van der Waals surface area (Å²) in [7, 11) is -3.54. The van der Waals surface area contributed by atoms with E-state index in [0.29, 0.717) is 5.69 Å². The van der Waals surface area contributed by atoms with Crippen LogP contribution in [0.25, 0.3) is 0 Å². The average Bonchev–Trinajstić information content (AvgIpc) is 2.30. The molecular weight excluding hydrogens is 302 g/mol. The van der Waals surface area contributed by atoms with E-state index in [4.69, 9.17) is 0 Å². The van der Waals surface area contributed by atoms with Crippen LogP contribution in [0.3, 0.4) is 0 Å². The first-order chi connectivity index (χ1) is 8.08. The van der Waals surface area contributed by atoms with Gasteiger partial charge in [0.2, 0.25) is 0 Å². The Morgan fingerprint density at radius 2 is 2.00 bits per heavy atom. The van der Waals surface area contributed by atoms with Crippen molar-refractivity contribution in [1.29, 1.82) is 0 Å². The largest absolute Gasteiger partial charge is 0.280 e. The van der Waals surface area contributed by atoms with E-state index in [1.165, 1.54) is 0 Å². The lowest BCUT2D eigenvalue weighted by atomic mass is 10.3. The first-order valence-electron chi connectivity index (χ1n) is 4.82. The molecule has 5 heteroatoms. The summed E-state index contributed by atoms with van der Waals surface area (Å²) in [6.45, 7) is 0. The monoisotopic (exact) mass is 310 g/mol. The predicted octanol–water partition coefficient (Wildman–Crippen LogP) is 3.05. The standard InChI is InChI=1S/C12H9BrNO2S/c13-10-5-4-8-12(9-10)17(15,16)14-11-6-2-1-3-7-11/h1-2,4-9,14H. The topological polar surface area (TPSA) is 46.2 Å². The van der Waals surface area contributed by atoms with Crippen LogP contribution in [-0.4, -0.2) is 8.42 Å². The lowest BCUT2D eigenvalue weighted by molar-refractivity contribution is 0.601. The van der Waals surface area contributed by atoms with Gasteiger partial charge >= 0.3 is 0 Å². The summed E-state index contributed by atoms with van der Waals surface area (Å²) < 4.78 is 27.2. The molecule has 0 saturated carbocycles. The molecule has 87 valence electrons. The van der Waals surface area contributed by atoms with Crippen molar-refractivity contribution >= 4 is 31.6 Å². The van der Waals surface area contributed by atoms with Gasteiger partial charge in [-0.3, -0.25) is 4.72 Å². The third-order valence-corrected chi connectivity index (χ3v) is 3.94. The number of benzene rings is 2. The van der Waals surface area contributed by atoms with Gasteiger partial charge < -0.3 is 0 Å². The summed E-state index contributed by atoms with van der Waals surface area (Å²) >= 11 is 3.24. The van der Waals surface area contributed by atoms with Crippen molar-refractivity contribution in [3.05, 3.63) is 59.1 Å². The van der Waals surface area contributed by atoms with Gasteiger partial charge in [0.05, 0.1) is 4.90 Å². The summed E-state index contributed by atoms with van der Waals surface area (Å²) in [5.41, 5.74) is 0.493. The highest BCUT2D eigenvalue weighted by Gasteiger charge is 2.13. The molecule has 1 radical (unpaired) electrons. The van der Waals surface area contributed by atoms with Gasteiger partial charge in [0.15, 0.2) is 0 Å². The normalized spacial score (nSPS) is 11.1. The van der Waals surface area contributed by atoms with Crippen LogP contribution in [0.4, 0.5) is 5.69 Å². The SMILES string of the molecule is O=S(=O)(Nc1c[c]ccc1)c1cccc(Br)c1. The highest BCUT2D eigenvalue weighted by Crippen LogP contribution is 2.19. The molecule has 0 spiro atoms. The Morgan fingerprint density at radius 3 is 2.65 bits per heavy atom. The van der Waals surface area contributed by atoms with Crippen molar-refractivity contribution in [2.24, 2.45) is 0 Å². The minimum Gasteiger partial charge on any atom is -0.280 e. The molecule has 0 aliphatic carbocycles. The van der Waals surface area contributed by atoms with Crippen LogP contribution < -0.4 is 4.72 Å². The highest BCUT2D eigenvalue weighted by atomic mass is 79.9. The zero-order valence-electron chi connectivity index (χ0n) is 8.72. The molecule has 17 heavy (non-hydrogen) atoms. The summed E-state index contributed by atoms with van der Waals surface area (Å²) in [6.07, 6.45) is 0. The second-order valence-electron chi connectivity index (χ2n) is 3.36. The molecule has 0 atom stereocenters. The predicted molar refractivity (Wildman–Crippen MR) is 70.2 cm³/mol. The minimum absolute atomic E-state index is 0.218. The molecule has 3 nitrogen and oxygen atoms in total. The van der Waals surface area contributed by atoms with E-state index in [9.17, 15) is 8.42 Å². The maximum Gasteiger partial charge on any atom is 0.261 e. The van der Waals surface area contributed by atoms with Crippen molar-refractivity contribution in [2.45, 2.75) is 4.90 Å². The van der Waals surface area contributed by atoms with Gasteiger partial charge in [0, 0.05) is 10.2 Å². The molecule has 0 aliphatic rings. The molecular formula is C12H9BrNO2S. The molecule has 2 aromatic carbocycles.